The lowest BCUT2D eigenvalue weighted by Gasteiger charge is -2.17. The average Bonchev–Trinajstić information content (AvgIpc) is 2.78. The molecule has 2 amide bonds. The van der Waals surface area contributed by atoms with E-state index in [0.717, 1.165) is 11.1 Å². The molecule has 0 saturated heterocycles. The topological polar surface area (TPSA) is 101 Å². The second kappa shape index (κ2) is 9.82. The molecule has 0 spiro atoms. The summed E-state index contributed by atoms with van der Waals surface area (Å²) >= 11 is 0. The summed E-state index contributed by atoms with van der Waals surface area (Å²) in [6.45, 7) is 1.81. The molecule has 32 heavy (non-hydrogen) atoms. The Morgan fingerprint density at radius 2 is 1.91 bits per heavy atom. The third-order valence-corrected chi connectivity index (χ3v) is 4.78. The molecule has 0 bridgehead atoms. The Labute approximate surface area is 186 Å². The average molecular weight is 432 g/mol. The van der Waals surface area contributed by atoms with Crippen LogP contribution in [0.3, 0.4) is 0 Å². The highest BCUT2D eigenvalue weighted by atomic mass is 16.5. The number of benzene rings is 1. The zero-order valence-electron chi connectivity index (χ0n) is 18.4. The normalized spacial score (nSPS) is 10.4. The number of nitrogens with one attached hydrogen (secondary N) is 1. The summed E-state index contributed by atoms with van der Waals surface area (Å²) in [5.41, 5.74) is 3.78. The van der Waals surface area contributed by atoms with Crippen molar-refractivity contribution in [2.24, 2.45) is 0 Å². The van der Waals surface area contributed by atoms with Crippen LogP contribution < -0.4 is 10.1 Å². The molecule has 0 radical (unpaired) electrons. The lowest BCUT2D eigenvalue weighted by molar-refractivity contribution is -0.115. The first-order chi connectivity index (χ1) is 15.3. The van der Waals surface area contributed by atoms with E-state index < -0.39 is 0 Å². The Kier molecular flexibility index (Phi) is 6.94. The van der Waals surface area contributed by atoms with Gasteiger partial charge in [0.25, 0.3) is 5.91 Å². The number of ether oxygens (including phenoxy) is 1. The van der Waals surface area contributed by atoms with Crippen LogP contribution in [0.5, 0.6) is 5.75 Å². The lowest BCUT2D eigenvalue weighted by Crippen LogP contribution is -2.26. The summed E-state index contributed by atoms with van der Waals surface area (Å²) in [5.74, 6) is -0.0247. The SMILES string of the molecule is COc1cncc(-c2ccc(NC(=O)Cc3cc(C)cc(C=O)c3C(=O)N(C)C)cn2)c1. The van der Waals surface area contributed by atoms with Crippen molar-refractivity contribution >= 4 is 23.8 Å². The van der Waals surface area contributed by atoms with Gasteiger partial charge in [-0.05, 0) is 36.8 Å². The van der Waals surface area contributed by atoms with Crippen molar-refractivity contribution in [3.8, 4) is 17.0 Å². The Bertz CT molecular complexity index is 1160. The number of aromatic nitrogens is 2. The third-order valence-electron chi connectivity index (χ3n) is 4.78. The predicted molar refractivity (Wildman–Crippen MR) is 121 cm³/mol. The number of methoxy groups -OCH3 is 1. The molecule has 0 aliphatic heterocycles. The van der Waals surface area contributed by atoms with Crippen molar-refractivity contribution in [3.63, 3.8) is 0 Å². The van der Waals surface area contributed by atoms with Crippen molar-refractivity contribution in [1.29, 1.82) is 0 Å². The van der Waals surface area contributed by atoms with Crippen molar-refractivity contribution in [1.82, 2.24) is 14.9 Å². The Balaban J connectivity index is 1.79. The number of aryl methyl sites for hydroxylation is 1. The van der Waals surface area contributed by atoms with Crippen LogP contribution in [-0.2, 0) is 11.2 Å². The maximum absolute atomic E-state index is 12.7. The summed E-state index contributed by atoms with van der Waals surface area (Å²) in [6.07, 6.45) is 5.41. The number of amides is 2. The number of carbonyl (C=O) groups excluding carboxylic acids is 3. The largest absolute Gasteiger partial charge is 0.495 e. The number of anilines is 1. The third kappa shape index (κ3) is 5.15. The van der Waals surface area contributed by atoms with Crippen LogP contribution in [0.1, 0.15) is 31.8 Å². The fourth-order valence-corrected chi connectivity index (χ4v) is 3.30. The second-order valence-corrected chi connectivity index (χ2v) is 7.48. The summed E-state index contributed by atoms with van der Waals surface area (Å²) < 4.78 is 5.18. The van der Waals surface area contributed by atoms with Crippen molar-refractivity contribution in [2.75, 3.05) is 26.5 Å². The smallest absolute Gasteiger partial charge is 0.254 e. The fraction of sp³-hybridized carbons (Fsp3) is 0.208. The zero-order valence-corrected chi connectivity index (χ0v) is 18.4. The summed E-state index contributed by atoms with van der Waals surface area (Å²) in [5, 5.41) is 2.79. The standard InChI is InChI=1S/C24H24N4O4/c1-15-7-16(23(18(8-15)14-29)24(31)28(2)3)10-22(30)27-19-5-6-21(26-12-19)17-9-20(32-4)13-25-11-17/h5-9,11-14H,10H2,1-4H3,(H,27,30). The molecule has 2 aromatic heterocycles. The van der Waals surface area contributed by atoms with Crippen LogP contribution in [-0.4, -0.2) is 54.2 Å². The van der Waals surface area contributed by atoms with Crippen molar-refractivity contribution in [2.45, 2.75) is 13.3 Å². The molecule has 8 nitrogen and oxygen atoms in total. The van der Waals surface area contributed by atoms with Gasteiger partial charge in [-0.3, -0.25) is 24.4 Å². The molecule has 0 fully saturated rings. The quantitative estimate of drug-likeness (QED) is 0.576. The van der Waals surface area contributed by atoms with Crippen LogP contribution in [0.15, 0.2) is 48.9 Å². The van der Waals surface area contributed by atoms with E-state index in [9.17, 15) is 14.4 Å². The Morgan fingerprint density at radius 3 is 2.53 bits per heavy atom. The van der Waals surface area contributed by atoms with Crippen LogP contribution in [0, 0.1) is 6.92 Å². The van der Waals surface area contributed by atoms with Crippen molar-refractivity contribution in [3.05, 3.63) is 71.2 Å². The van der Waals surface area contributed by atoms with Crippen LogP contribution in [0.25, 0.3) is 11.3 Å². The minimum absolute atomic E-state index is 0.0566. The first kappa shape index (κ1) is 22.6. The maximum Gasteiger partial charge on any atom is 0.254 e. The van der Waals surface area contributed by atoms with E-state index in [0.29, 0.717) is 29.0 Å². The number of pyridine rings is 2. The second-order valence-electron chi connectivity index (χ2n) is 7.48. The van der Waals surface area contributed by atoms with Gasteiger partial charge in [-0.15, -0.1) is 0 Å². The first-order valence-electron chi connectivity index (χ1n) is 9.88. The van der Waals surface area contributed by atoms with Gasteiger partial charge in [-0.1, -0.05) is 11.6 Å². The monoisotopic (exact) mass is 432 g/mol. The molecule has 0 aliphatic rings. The van der Waals surface area contributed by atoms with Crippen molar-refractivity contribution < 1.29 is 19.1 Å². The highest BCUT2D eigenvalue weighted by Gasteiger charge is 2.20. The van der Waals surface area contributed by atoms with E-state index in [1.807, 2.05) is 13.0 Å². The van der Waals surface area contributed by atoms with Gasteiger partial charge in [0.15, 0.2) is 6.29 Å². The molecule has 1 aromatic carbocycles. The molecule has 0 aliphatic carbocycles. The van der Waals surface area contributed by atoms with Gasteiger partial charge in [-0.25, -0.2) is 0 Å². The summed E-state index contributed by atoms with van der Waals surface area (Å²) in [6, 6.07) is 8.71. The van der Waals surface area contributed by atoms with Crippen LogP contribution in [0.2, 0.25) is 0 Å². The van der Waals surface area contributed by atoms with E-state index >= 15 is 0 Å². The summed E-state index contributed by atoms with van der Waals surface area (Å²) in [7, 11) is 4.77. The van der Waals surface area contributed by atoms with Crippen LogP contribution in [0.4, 0.5) is 5.69 Å². The lowest BCUT2D eigenvalue weighted by atomic mass is 9.95. The number of hydrogen-bond acceptors (Lipinski definition) is 6. The van der Waals surface area contributed by atoms with E-state index in [2.05, 4.69) is 15.3 Å². The fourth-order valence-electron chi connectivity index (χ4n) is 3.30. The zero-order chi connectivity index (χ0) is 23.3. The maximum atomic E-state index is 12.7. The van der Waals surface area contributed by atoms with Gasteiger partial charge in [0.1, 0.15) is 5.75 Å². The number of carbonyl (C=O) groups is 3. The first-order valence-corrected chi connectivity index (χ1v) is 9.88. The van der Waals surface area contributed by atoms with Gasteiger partial charge < -0.3 is 15.0 Å². The Morgan fingerprint density at radius 1 is 1.12 bits per heavy atom. The molecule has 0 unspecified atom stereocenters. The van der Waals surface area contributed by atoms with Gasteiger partial charge in [0.2, 0.25) is 5.91 Å². The summed E-state index contributed by atoms with van der Waals surface area (Å²) in [4.78, 5) is 46.7. The molecule has 3 aromatic rings. The van der Waals surface area contributed by atoms with E-state index in [1.54, 1.807) is 64.1 Å². The van der Waals surface area contributed by atoms with E-state index in [1.165, 1.54) is 4.90 Å². The number of hydrogen-bond donors (Lipinski definition) is 1. The van der Waals surface area contributed by atoms with Gasteiger partial charge >= 0.3 is 0 Å². The number of aldehydes is 1. The Hall–Kier alpha value is -4.07. The highest BCUT2D eigenvalue weighted by Crippen LogP contribution is 2.22. The number of rotatable bonds is 7. The van der Waals surface area contributed by atoms with Gasteiger partial charge in [-0.2, -0.15) is 0 Å². The van der Waals surface area contributed by atoms with Crippen LogP contribution >= 0.6 is 0 Å². The molecule has 0 saturated carbocycles. The molecule has 3 rings (SSSR count). The van der Waals surface area contributed by atoms with E-state index in [4.69, 9.17) is 4.74 Å². The molecule has 1 N–H and O–H groups in total. The molecule has 164 valence electrons. The molecular formula is C24H24N4O4. The highest BCUT2D eigenvalue weighted by molar-refractivity contribution is 6.04. The van der Waals surface area contributed by atoms with Gasteiger partial charge in [0.05, 0.1) is 42.9 Å². The minimum Gasteiger partial charge on any atom is -0.495 e. The predicted octanol–water partition coefficient (Wildman–Crippen LogP) is 3.16. The molecule has 2 heterocycles. The van der Waals surface area contributed by atoms with Gasteiger partial charge in [0, 0.05) is 31.4 Å². The molecule has 8 heteroatoms. The number of nitrogens with zero attached hydrogens (tertiary/aromatic N) is 3. The molecule has 0 atom stereocenters. The molecular weight excluding hydrogens is 408 g/mol. The van der Waals surface area contributed by atoms with E-state index in [-0.39, 0.29) is 29.4 Å². The minimum atomic E-state index is -0.326.